The molecule has 2 aromatic carbocycles. The molecule has 0 spiro atoms. The molecule has 0 fully saturated rings. The van der Waals surface area contributed by atoms with Crippen LogP contribution < -0.4 is 0 Å². The van der Waals surface area contributed by atoms with Crippen molar-refractivity contribution in [2.45, 2.75) is 11.2 Å². The van der Waals surface area contributed by atoms with Gasteiger partial charge in [-0.3, -0.25) is 4.98 Å². The number of halogens is 3. The molecule has 0 aliphatic carbocycles. The molecule has 1 nitrogen and oxygen atoms in total. The minimum atomic E-state index is -0.242. The zero-order valence-corrected chi connectivity index (χ0v) is 14.2. The number of hydrogen-bond donors (Lipinski definition) is 0. The van der Waals surface area contributed by atoms with Crippen LogP contribution >= 0.6 is 31.9 Å². The zero-order chi connectivity index (χ0) is 14.8. The van der Waals surface area contributed by atoms with Crippen molar-refractivity contribution in [3.8, 4) is 0 Å². The lowest BCUT2D eigenvalue weighted by Gasteiger charge is -2.12. The summed E-state index contributed by atoms with van der Waals surface area (Å²) < 4.78 is 13.9. The molecular formula is C17H12Br2FN. The van der Waals surface area contributed by atoms with E-state index in [1.807, 2.05) is 30.3 Å². The van der Waals surface area contributed by atoms with Gasteiger partial charge in [-0.05, 0) is 29.8 Å². The van der Waals surface area contributed by atoms with E-state index in [9.17, 15) is 4.39 Å². The number of fused-ring (bicyclic) bond motifs is 1. The molecule has 1 aromatic heterocycles. The predicted octanol–water partition coefficient (Wildman–Crippen LogP) is 5.82. The maximum atomic E-state index is 13.2. The van der Waals surface area contributed by atoms with Crippen LogP contribution in [-0.4, -0.2) is 4.98 Å². The highest BCUT2D eigenvalue weighted by molar-refractivity contribution is 9.11. The molecular weight excluding hydrogens is 397 g/mol. The molecule has 4 heteroatoms. The van der Waals surface area contributed by atoms with Gasteiger partial charge in [-0.2, -0.15) is 0 Å². The fraction of sp³-hybridized carbons (Fsp3) is 0.118. The minimum Gasteiger partial charge on any atom is -0.253 e. The molecule has 1 atom stereocenters. The van der Waals surface area contributed by atoms with Crippen molar-refractivity contribution >= 4 is 42.8 Å². The smallest absolute Gasteiger partial charge is 0.124 e. The van der Waals surface area contributed by atoms with Crippen LogP contribution in [0.1, 0.15) is 16.1 Å². The summed E-state index contributed by atoms with van der Waals surface area (Å²) in [6, 6.07) is 16.9. The van der Waals surface area contributed by atoms with Crippen molar-refractivity contribution in [1.82, 2.24) is 4.98 Å². The lowest BCUT2D eigenvalue weighted by atomic mass is 10.1. The number of aromatic nitrogens is 1. The maximum Gasteiger partial charge on any atom is 0.124 e. The van der Waals surface area contributed by atoms with Crippen LogP contribution in [0.15, 0.2) is 59.1 Å². The lowest BCUT2D eigenvalue weighted by Crippen LogP contribution is -1.99. The van der Waals surface area contributed by atoms with Gasteiger partial charge in [-0.1, -0.05) is 62.2 Å². The van der Waals surface area contributed by atoms with E-state index >= 15 is 0 Å². The van der Waals surface area contributed by atoms with E-state index in [1.165, 1.54) is 12.1 Å². The molecule has 106 valence electrons. The van der Waals surface area contributed by atoms with E-state index in [0.29, 0.717) is 0 Å². The predicted molar refractivity (Wildman–Crippen MR) is 91.2 cm³/mol. The second kappa shape index (κ2) is 6.24. The van der Waals surface area contributed by atoms with E-state index in [-0.39, 0.29) is 10.6 Å². The highest BCUT2D eigenvalue weighted by Crippen LogP contribution is 2.32. The van der Waals surface area contributed by atoms with Crippen LogP contribution in [0.3, 0.4) is 0 Å². The van der Waals surface area contributed by atoms with Gasteiger partial charge in [0.05, 0.1) is 5.52 Å². The first-order chi connectivity index (χ1) is 10.1. The molecule has 1 unspecified atom stereocenters. The van der Waals surface area contributed by atoms with Gasteiger partial charge in [0.15, 0.2) is 0 Å². The fourth-order valence-electron chi connectivity index (χ4n) is 2.27. The Morgan fingerprint density at radius 2 is 1.86 bits per heavy atom. The van der Waals surface area contributed by atoms with Gasteiger partial charge in [-0.15, -0.1) is 0 Å². The summed E-state index contributed by atoms with van der Waals surface area (Å²) in [4.78, 5) is 4.75. The molecule has 21 heavy (non-hydrogen) atoms. The van der Waals surface area contributed by atoms with Crippen LogP contribution in [0.4, 0.5) is 4.39 Å². The lowest BCUT2D eigenvalue weighted by molar-refractivity contribution is 0.625. The first-order valence-corrected chi connectivity index (χ1v) is 8.28. The number of benzene rings is 2. The van der Waals surface area contributed by atoms with Gasteiger partial charge in [0, 0.05) is 26.8 Å². The van der Waals surface area contributed by atoms with Crippen LogP contribution in [0.2, 0.25) is 0 Å². The van der Waals surface area contributed by atoms with Gasteiger partial charge in [0.2, 0.25) is 0 Å². The highest BCUT2D eigenvalue weighted by atomic mass is 79.9. The highest BCUT2D eigenvalue weighted by Gasteiger charge is 2.13. The Balaban J connectivity index is 1.87. The third-order valence-electron chi connectivity index (χ3n) is 3.34. The quantitative estimate of drug-likeness (QED) is 0.498. The van der Waals surface area contributed by atoms with Crippen molar-refractivity contribution in [1.29, 1.82) is 0 Å². The van der Waals surface area contributed by atoms with Crippen LogP contribution in [0.25, 0.3) is 10.9 Å². The van der Waals surface area contributed by atoms with Crippen LogP contribution in [0.5, 0.6) is 0 Å². The second-order valence-corrected chi connectivity index (χ2v) is 6.79. The van der Waals surface area contributed by atoms with Gasteiger partial charge in [0.1, 0.15) is 5.82 Å². The van der Waals surface area contributed by atoms with Crippen molar-refractivity contribution < 1.29 is 4.39 Å². The number of alkyl halides is 1. The average molecular weight is 409 g/mol. The summed E-state index contributed by atoms with van der Waals surface area (Å²) in [6.07, 6.45) is 0.745. The Morgan fingerprint density at radius 3 is 2.67 bits per heavy atom. The Labute approximate surface area is 139 Å². The summed E-state index contributed by atoms with van der Waals surface area (Å²) in [7, 11) is 0. The summed E-state index contributed by atoms with van der Waals surface area (Å²) in [5.41, 5.74) is 3.02. The van der Waals surface area contributed by atoms with E-state index in [0.717, 1.165) is 33.1 Å². The average Bonchev–Trinajstić information content (AvgIpc) is 2.47. The molecule has 3 aromatic rings. The molecule has 0 saturated heterocycles. The number of rotatable bonds is 3. The first kappa shape index (κ1) is 14.7. The summed E-state index contributed by atoms with van der Waals surface area (Å²) >= 11 is 7.08. The van der Waals surface area contributed by atoms with Gasteiger partial charge < -0.3 is 0 Å². The fourth-order valence-corrected chi connectivity index (χ4v) is 3.94. The third-order valence-corrected chi connectivity index (χ3v) is 4.85. The molecule has 1 heterocycles. The normalized spacial score (nSPS) is 12.5. The van der Waals surface area contributed by atoms with Crippen LogP contribution in [0, 0.1) is 5.82 Å². The van der Waals surface area contributed by atoms with Crippen molar-refractivity contribution in [3.63, 3.8) is 0 Å². The molecule has 0 radical (unpaired) electrons. The Morgan fingerprint density at radius 1 is 1.05 bits per heavy atom. The second-order valence-electron chi connectivity index (χ2n) is 4.83. The molecule has 0 amide bonds. The molecule has 0 saturated carbocycles. The molecule has 0 bridgehead atoms. The molecule has 0 N–H and O–H groups in total. The van der Waals surface area contributed by atoms with Gasteiger partial charge in [0.25, 0.3) is 0 Å². The van der Waals surface area contributed by atoms with Gasteiger partial charge in [-0.25, -0.2) is 4.39 Å². The monoisotopic (exact) mass is 407 g/mol. The zero-order valence-electron chi connectivity index (χ0n) is 11.1. The van der Waals surface area contributed by atoms with Gasteiger partial charge >= 0.3 is 0 Å². The van der Waals surface area contributed by atoms with E-state index < -0.39 is 0 Å². The minimum absolute atomic E-state index is 0.0844. The summed E-state index contributed by atoms with van der Waals surface area (Å²) in [5.74, 6) is -0.242. The number of hydrogen-bond acceptors (Lipinski definition) is 1. The Hall–Kier alpha value is -1.26. The standard InChI is InChI=1S/C17H12Br2FN/c18-15-9-12(20)6-8-14(15)16(19)10-13-7-5-11-3-1-2-4-17(11)21-13/h1-9,16H,10H2. The number of pyridine rings is 1. The van der Waals surface area contributed by atoms with E-state index in [2.05, 4.69) is 42.9 Å². The number of nitrogens with zero attached hydrogens (tertiary/aromatic N) is 1. The summed E-state index contributed by atoms with van der Waals surface area (Å²) in [6.45, 7) is 0. The van der Waals surface area contributed by atoms with Crippen molar-refractivity contribution in [2.75, 3.05) is 0 Å². The molecule has 0 aliphatic heterocycles. The largest absolute Gasteiger partial charge is 0.253 e. The van der Waals surface area contributed by atoms with Crippen LogP contribution in [-0.2, 0) is 6.42 Å². The number of para-hydroxylation sites is 1. The van der Waals surface area contributed by atoms with Crippen molar-refractivity contribution in [2.24, 2.45) is 0 Å². The van der Waals surface area contributed by atoms with E-state index in [4.69, 9.17) is 0 Å². The Bertz CT molecular complexity index is 789. The van der Waals surface area contributed by atoms with Crippen molar-refractivity contribution in [3.05, 3.63) is 76.1 Å². The third kappa shape index (κ3) is 3.33. The first-order valence-electron chi connectivity index (χ1n) is 6.57. The van der Waals surface area contributed by atoms with E-state index in [1.54, 1.807) is 6.07 Å². The Kier molecular flexibility index (Phi) is 4.36. The molecule has 3 rings (SSSR count). The maximum absolute atomic E-state index is 13.2. The SMILES string of the molecule is Fc1ccc(C(Br)Cc2ccc3ccccc3n2)c(Br)c1. The summed E-state index contributed by atoms with van der Waals surface area (Å²) in [5, 5.41) is 1.13. The topological polar surface area (TPSA) is 12.9 Å². The molecule has 0 aliphatic rings.